The number of nitrogens with zero attached hydrogens (tertiary/aromatic N) is 1. The minimum absolute atomic E-state index is 0.0295. The second kappa shape index (κ2) is 10.8. The molecule has 168 valence electrons. The molecule has 0 aliphatic rings. The summed E-state index contributed by atoms with van der Waals surface area (Å²) in [6, 6.07) is 2.05. The third kappa shape index (κ3) is 5.75. The summed E-state index contributed by atoms with van der Waals surface area (Å²) >= 11 is 0. The second-order valence-electron chi connectivity index (χ2n) is 7.09. The Bertz CT molecular complexity index is 1000. The van der Waals surface area contributed by atoms with Crippen molar-refractivity contribution < 1.29 is 28.2 Å². The fourth-order valence-electron chi connectivity index (χ4n) is 3.18. The predicted molar refractivity (Wildman–Crippen MR) is 110 cm³/mol. The molecule has 1 aromatic heterocycles. The molecule has 0 bridgehead atoms. The van der Waals surface area contributed by atoms with E-state index in [0.29, 0.717) is 12.4 Å². The number of hydrogen-bond donors (Lipinski definition) is 2. The van der Waals surface area contributed by atoms with E-state index in [-0.39, 0.29) is 30.5 Å². The van der Waals surface area contributed by atoms with Crippen molar-refractivity contribution in [2.24, 2.45) is 0 Å². The van der Waals surface area contributed by atoms with E-state index in [1.807, 2.05) is 13.8 Å². The molecule has 31 heavy (non-hydrogen) atoms. The van der Waals surface area contributed by atoms with Gasteiger partial charge >= 0.3 is 0 Å². The number of ether oxygens (including phenoxy) is 1. The van der Waals surface area contributed by atoms with Gasteiger partial charge in [-0.05, 0) is 25.8 Å². The third-order valence-corrected chi connectivity index (χ3v) is 5.03. The molecule has 2 rings (SSSR count). The molecule has 0 radical (unpaired) electrons. The van der Waals surface area contributed by atoms with Crippen LogP contribution in [0.1, 0.15) is 66.1 Å². The number of amides is 1. The molecule has 0 saturated carbocycles. The molecule has 0 fully saturated rings. The van der Waals surface area contributed by atoms with Gasteiger partial charge in [0.1, 0.15) is 22.9 Å². The molecule has 1 atom stereocenters. The Morgan fingerprint density at radius 1 is 1.29 bits per heavy atom. The number of hydrogen-bond acceptors (Lipinski definition) is 5. The van der Waals surface area contributed by atoms with Crippen molar-refractivity contribution in [3.8, 4) is 5.75 Å². The summed E-state index contributed by atoms with van der Waals surface area (Å²) in [4.78, 5) is 36.4. The highest BCUT2D eigenvalue weighted by Gasteiger charge is 2.22. The maximum absolute atomic E-state index is 14.0. The van der Waals surface area contributed by atoms with Crippen LogP contribution in [0.3, 0.4) is 0 Å². The molecule has 1 amide bonds. The Hall–Kier alpha value is -3.07. The third-order valence-electron chi connectivity index (χ3n) is 5.03. The summed E-state index contributed by atoms with van der Waals surface area (Å²) in [6.07, 6.45) is 3.12. The number of aromatic nitrogens is 1. The number of benzene rings is 1. The highest BCUT2D eigenvalue weighted by Crippen LogP contribution is 2.19. The van der Waals surface area contributed by atoms with Crippen molar-refractivity contribution in [1.82, 2.24) is 9.88 Å². The van der Waals surface area contributed by atoms with Crippen molar-refractivity contribution >= 4 is 12.2 Å². The fourth-order valence-corrected chi connectivity index (χ4v) is 3.18. The number of carbonyl (C=O) groups is 2. The van der Waals surface area contributed by atoms with Crippen LogP contribution in [0.4, 0.5) is 8.78 Å². The zero-order chi connectivity index (χ0) is 23.1. The molecule has 0 spiro atoms. The Balaban J connectivity index is 2.28. The fraction of sp³-hybridized carbons (Fsp3) is 0.409. The number of halogens is 2. The highest BCUT2D eigenvalue weighted by atomic mass is 19.1. The van der Waals surface area contributed by atoms with Crippen LogP contribution in [-0.4, -0.2) is 34.6 Å². The maximum Gasteiger partial charge on any atom is 0.257 e. The molecular weight excluding hydrogens is 410 g/mol. The predicted octanol–water partition coefficient (Wildman–Crippen LogP) is 3.34. The highest BCUT2D eigenvalue weighted by molar-refractivity contribution is 5.95. The van der Waals surface area contributed by atoms with Crippen LogP contribution in [0, 0.1) is 11.6 Å². The normalized spacial score (nSPS) is 12.1. The molecule has 2 N–H and O–H groups in total. The van der Waals surface area contributed by atoms with Gasteiger partial charge in [-0.3, -0.25) is 14.4 Å². The SMILES string of the molecule is CCC(CC)OCCn1cc(C(=O)N[C@H](C)c2ccc(F)cc2F)c(=O)c(O)c1C=O. The second-order valence-corrected chi connectivity index (χ2v) is 7.09. The monoisotopic (exact) mass is 436 g/mol. The zero-order valence-electron chi connectivity index (χ0n) is 17.7. The lowest BCUT2D eigenvalue weighted by Gasteiger charge is -2.18. The van der Waals surface area contributed by atoms with Crippen molar-refractivity contribution in [3.05, 3.63) is 63.1 Å². The van der Waals surface area contributed by atoms with Gasteiger partial charge in [0.15, 0.2) is 12.0 Å². The minimum Gasteiger partial charge on any atom is -0.503 e. The minimum atomic E-state index is -1.02. The summed E-state index contributed by atoms with van der Waals surface area (Å²) < 4.78 is 34.0. The van der Waals surface area contributed by atoms with Crippen LogP contribution in [0.25, 0.3) is 0 Å². The number of aldehydes is 1. The van der Waals surface area contributed by atoms with Gasteiger partial charge in [0.2, 0.25) is 5.43 Å². The summed E-state index contributed by atoms with van der Waals surface area (Å²) in [5, 5.41) is 12.6. The Labute approximate surface area is 178 Å². The van der Waals surface area contributed by atoms with Crippen molar-refractivity contribution in [2.75, 3.05) is 6.61 Å². The number of rotatable bonds is 10. The first-order valence-corrected chi connectivity index (χ1v) is 10.0. The van der Waals surface area contributed by atoms with Gasteiger partial charge in [0.05, 0.1) is 18.8 Å². The van der Waals surface area contributed by atoms with Gasteiger partial charge in [-0.2, -0.15) is 0 Å². The molecule has 1 heterocycles. The van der Waals surface area contributed by atoms with Crippen LogP contribution < -0.4 is 10.7 Å². The van der Waals surface area contributed by atoms with E-state index in [1.165, 1.54) is 17.6 Å². The quantitative estimate of drug-likeness (QED) is 0.557. The number of nitrogens with one attached hydrogen (secondary N) is 1. The van der Waals surface area contributed by atoms with Crippen LogP contribution in [0.2, 0.25) is 0 Å². The van der Waals surface area contributed by atoms with E-state index in [1.54, 1.807) is 0 Å². The zero-order valence-corrected chi connectivity index (χ0v) is 17.7. The van der Waals surface area contributed by atoms with E-state index in [4.69, 9.17) is 4.74 Å². The van der Waals surface area contributed by atoms with Crippen LogP contribution in [-0.2, 0) is 11.3 Å². The van der Waals surface area contributed by atoms with Gasteiger partial charge < -0.3 is 19.7 Å². The van der Waals surface area contributed by atoms with E-state index < -0.39 is 40.3 Å². The van der Waals surface area contributed by atoms with Crippen molar-refractivity contribution in [3.63, 3.8) is 0 Å². The summed E-state index contributed by atoms with van der Waals surface area (Å²) in [6.45, 7) is 5.75. The number of carbonyl (C=O) groups excluding carboxylic acids is 2. The molecule has 1 aromatic carbocycles. The van der Waals surface area contributed by atoms with E-state index in [9.17, 15) is 28.3 Å². The molecule has 2 aromatic rings. The summed E-state index contributed by atoms with van der Waals surface area (Å²) in [5.74, 6) is -3.33. The molecule has 7 nitrogen and oxygen atoms in total. The van der Waals surface area contributed by atoms with Gasteiger partial charge in [0.25, 0.3) is 5.91 Å². The molecule has 0 aliphatic heterocycles. The lowest BCUT2D eigenvalue weighted by molar-refractivity contribution is 0.0427. The first-order chi connectivity index (χ1) is 14.7. The standard InChI is InChI=1S/C22H26F2N2O5/c1-4-15(5-2)31-9-8-26-11-17(20(28)21(29)19(26)12-27)22(30)25-13(3)16-7-6-14(23)10-18(16)24/h6-7,10-13,15,29H,4-5,8-9H2,1-3H3,(H,25,30)/t13-/m1/s1. The smallest absolute Gasteiger partial charge is 0.257 e. The Kier molecular flexibility index (Phi) is 8.44. The molecule has 0 unspecified atom stereocenters. The number of pyridine rings is 1. The average molecular weight is 436 g/mol. The number of aromatic hydroxyl groups is 1. The molecular formula is C22H26F2N2O5. The topological polar surface area (TPSA) is 97.6 Å². The Morgan fingerprint density at radius 2 is 1.97 bits per heavy atom. The largest absolute Gasteiger partial charge is 0.503 e. The van der Waals surface area contributed by atoms with E-state index >= 15 is 0 Å². The molecule has 0 aliphatic carbocycles. The van der Waals surface area contributed by atoms with Crippen molar-refractivity contribution in [2.45, 2.75) is 52.3 Å². The van der Waals surface area contributed by atoms with Gasteiger partial charge in [0, 0.05) is 24.4 Å². The van der Waals surface area contributed by atoms with E-state index in [2.05, 4.69) is 5.32 Å². The van der Waals surface area contributed by atoms with Crippen LogP contribution >= 0.6 is 0 Å². The first kappa shape index (κ1) is 24.2. The van der Waals surface area contributed by atoms with Gasteiger partial charge in [-0.1, -0.05) is 19.9 Å². The van der Waals surface area contributed by atoms with Gasteiger partial charge in [-0.15, -0.1) is 0 Å². The molecule has 9 heteroatoms. The van der Waals surface area contributed by atoms with E-state index in [0.717, 1.165) is 25.1 Å². The lowest BCUT2D eigenvalue weighted by atomic mass is 10.1. The van der Waals surface area contributed by atoms with Crippen LogP contribution in [0.5, 0.6) is 5.75 Å². The van der Waals surface area contributed by atoms with Crippen LogP contribution in [0.15, 0.2) is 29.2 Å². The first-order valence-electron chi connectivity index (χ1n) is 10.0. The summed E-state index contributed by atoms with van der Waals surface area (Å²) in [7, 11) is 0. The summed E-state index contributed by atoms with van der Waals surface area (Å²) in [5.41, 5.74) is -1.68. The average Bonchev–Trinajstić information content (AvgIpc) is 2.73. The lowest BCUT2D eigenvalue weighted by Crippen LogP contribution is -2.33. The molecule has 0 saturated heterocycles. The van der Waals surface area contributed by atoms with Gasteiger partial charge in [-0.25, -0.2) is 8.78 Å². The maximum atomic E-state index is 14.0. The van der Waals surface area contributed by atoms with Crippen molar-refractivity contribution in [1.29, 1.82) is 0 Å². The Morgan fingerprint density at radius 3 is 2.55 bits per heavy atom.